The minimum atomic E-state index is -0.0965. The van der Waals surface area contributed by atoms with Crippen LogP contribution in [0.2, 0.25) is 0 Å². The zero-order valence-corrected chi connectivity index (χ0v) is 28.5. The molecule has 50 heavy (non-hydrogen) atoms. The Morgan fingerprint density at radius 3 is 2.12 bits per heavy atom. The summed E-state index contributed by atoms with van der Waals surface area (Å²) in [6.07, 6.45) is 0. The first kappa shape index (κ1) is 27.9. The van der Waals surface area contributed by atoms with Gasteiger partial charge in [0.1, 0.15) is 0 Å². The number of rotatable bonds is 4. The number of hydrogen-bond donors (Lipinski definition) is 0. The van der Waals surface area contributed by atoms with E-state index in [9.17, 15) is 0 Å². The van der Waals surface area contributed by atoms with Gasteiger partial charge in [-0.2, -0.15) is 0 Å². The van der Waals surface area contributed by atoms with Crippen LogP contribution in [0.4, 0.5) is 17.1 Å². The molecule has 0 unspecified atom stereocenters. The molecule has 0 aliphatic heterocycles. The predicted molar refractivity (Wildman–Crippen MR) is 212 cm³/mol. The van der Waals surface area contributed by atoms with E-state index in [4.69, 9.17) is 4.98 Å². The number of para-hydroxylation sites is 1. The largest absolute Gasteiger partial charge is 0.310 e. The summed E-state index contributed by atoms with van der Waals surface area (Å²) in [5.74, 6) is 0. The summed E-state index contributed by atoms with van der Waals surface area (Å²) in [6.45, 7) is 4.71. The van der Waals surface area contributed by atoms with E-state index in [0.29, 0.717) is 0 Å². The van der Waals surface area contributed by atoms with Gasteiger partial charge in [-0.1, -0.05) is 105 Å². The summed E-state index contributed by atoms with van der Waals surface area (Å²) in [4.78, 5) is 7.24. The Hall–Kier alpha value is -5.97. The molecule has 0 fully saturated rings. The van der Waals surface area contributed by atoms with Gasteiger partial charge in [0.15, 0.2) is 0 Å². The normalized spacial score (nSPS) is 13.6. The molecule has 1 aliphatic carbocycles. The van der Waals surface area contributed by atoms with Crippen LogP contribution in [0.3, 0.4) is 0 Å². The van der Waals surface area contributed by atoms with Gasteiger partial charge in [0.25, 0.3) is 0 Å². The summed E-state index contributed by atoms with van der Waals surface area (Å²) >= 11 is 1.74. The van der Waals surface area contributed by atoms with E-state index in [1.165, 1.54) is 76.2 Å². The molecule has 1 aliphatic rings. The van der Waals surface area contributed by atoms with Crippen LogP contribution in [-0.4, -0.2) is 9.38 Å². The molecule has 0 bridgehead atoms. The third kappa shape index (κ3) is 3.71. The van der Waals surface area contributed by atoms with E-state index in [1.54, 1.807) is 11.3 Å². The molecule has 4 heteroatoms. The highest BCUT2D eigenvalue weighted by atomic mass is 32.1. The fourth-order valence-corrected chi connectivity index (χ4v) is 9.55. The topological polar surface area (TPSA) is 20.5 Å². The first-order valence-corrected chi connectivity index (χ1v) is 18.1. The molecule has 3 heterocycles. The summed E-state index contributed by atoms with van der Waals surface area (Å²) in [7, 11) is 0. The number of nitrogens with zero attached hydrogens (tertiary/aromatic N) is 3. The zero-order valence-electron chi connectivity index (χ0n) is 27.7. The number of anilines is 3. The molecular weight excluding hydrogens is 627 g/mol. The van der Waals surface area contributed by atoms with Crippen LogP contribution in [0.25, 0.3) is 70.6 Å². The molecule has 0 saturated heterocycles. The zero-order chi connectivity index (χ0) is 33.1. The molecular formula is C46H31N3S. The van der Waals surface area contributed by atoms with Gasteiger partial charge in [0.2, 0.25) is 0 Å². The number of benzene rings is 7. The molecule has 0 amide bonds. The molecule has 10 aromatic rings. The summed E-state index contributed by atoms with van der Waals surface area (Å²) in [5, 5.41) is 5.08. The highest BCUT2D eigenvalue weighted by Crippen LogP contribution is 2.51. The molecule has 7 aromatic carbocycles. The van der Waals surface area contributed by atoms with Crippen molar-refractivity contribution in [3.63, 3.8) is 0 Å². The highest BCUT2D eigenvalue weighted by Gasteiger charge is 2.35. The van der Waals surface area contributed by atoms with Crippen LogP contribution in [0, 0.1) is 0 Å². The monoisotopic (exact) mass is 657 g/mol. The average Bonchev–Trinajstić information content (AvgIpc) is 3.91. The third-order valence-corrected chi connectivity index (χ3v) is 11.9. The van der Waals surface area contributed by atoms with Crippen molar-refractivity contribution in [3.05, 3.63) is 162 Å². The Morgan fingerprint density at radius 2 is 1.24 bits per heavy atom. The van der Waals surface area contributed by atoms with Crippen LogP contribution in [0.1, 0.15) is 25.0 Å². The Balaban J connectivity index is 1.17. The second-order valence-electron chi connectivity index (χ2n) is 14.1. The van der Waals surface area contributed by atoms with Crippen molar-refractivity contribution < 1.29 is 0 Å². The van der Waals surface area contributed by atoms with Crippen LogP contribution in [0.5, 0.6) is 0 Å². The van der Waals surface area contributed by atoms with E-state index in [-0.39, 0.29) is 5.41 Å². The Labute approximate surface area is 293 Å². The Bertz CT molecular complexity index is 2950. The van der Waals surface area contributed by atoms with Crippen molar-refractivity contribution in [1.29, 1.82) is 0 Å². The van der Waals surface area contributed by atoms with Gasteiger partial charge in [-0.15, -0.1) is 11.3 Å². The van der Waals surface area contributed by atoms with E-state index in [1.807, 2.05) is 5.51 Å². The van der Waals surface area contributed by atoms with Gasteiger partial charge in [-0.05, 0) is 88.0 Å². The Morgan fingerprint density at radius 1 is 0.560 bits per heavy atom. The molecule has 0 saturated carbocycles. The van der Waals surface area contributed by atoms with E-state index in [0.717, 1.165) is 22.6 Å². The lowest BCUT2D eigenvalue weighted by Crippen LogP contribution is -2.16. The second-order valence-corrected chi connectivity index (χ2v) is 14.9. The highest BCUT2D eigenvalue weighted by molar-refractivity contribution is 7.18. The van der Waals surface area contributed by atoms with Crippen molar-refractivity contribution >= 4 is 76.7 Å². The summed E-state index contributed by atoms with van der Waals surface area (Å²) in [6, 6.07) is 53.6. The molecule has 0 atom stereocenters. The number of hydrogen-bond acceptors (Lipinski definition) is 3. The minimum absolute atomic E-state index is 0.0965. The molecule has 0 radical (unpaired) electrons. The third-order valence-electron chi connectivity index (χ3n) is 11.1. The van der Waals surface area contributed by atoms with Gasteiger partial charge in [-0.25, -0.2) is 4.98 Å². The number of aromatic nitrogens is 2. The molecule has 11 rings (SSSR count). The van der Waals surface area contributed by atoms with Crippen molar-refractivity contribution in [3.8, 4) is 22.3 Å². The minimum Gasteiger partial charge on any atom is -0.310 e. The maximum Gasteiger partial charge on any atom is 0.0826 e. The van der Waals surface area contributed by atoms with Gasteiger partial charge >= 0.3 is 0 Å². The fourth-order valence-electron chi connectivity index (χ4n) is 8.72. The van der Waals surface area contributed by atoms with Gasteiger partial charge in [-0.3, -0.25) is 0 Å². The van der Waals surface area contributed by atoms with E-state index in [2.05, 4.69) is 169 Å². The fraction of sp³-hybridized carbons (Fsp3) is 0.0652. The molecule has 0 N–H and O–H groups in total. The van der Waals surface area contributed by atoms with Gasteiger partial charge in [0, 0.05) is 44.0 Å². The molecule has 3 aromatic heterocycles. The van der Waals surface area contributed by atoms with Crippen molar-refractivity contribution in [2.45, 2.75) is 19.3 Å². The Kier molecular flexibility index (Phi) is 5.61. The van der Waals surface area contributed by atoms with Crippen LogP contribution < -0.4 is 4.90 Å². The van der Waals surface area contributed by atoms with E-state index < -0.39 is 0 Å². The SMILES string of the molecule is CC1(C)c2ccccc2-c2ccc(N(c3ccc(-c4ccccc4)cc3)c3ccc4c(c3)c3c5scnc5cc5c6ccccc6n4c53)cc21. The first-order valence-electron chi connectivity index (χ1n) is 17.2. The second kappa shape index (κ2) is 10.0. The molecule has 0 spiro atoms. The molecule has 3 nitrogen and oxygen atoms in total. The van der Waals surface area contributed by atoms with Crippen molar-refractivity contribution in [1.82, 2.24) is 9.38 Å². The lowest BCUT2D eigenvalue weighted by molar-refractivity contribution is 0.660. The standard InChI is InChI=1S/C46H31N3S/c1-46(2)38-14-8-6-12-33(38)34-22-20-32(25-39(34)46)48(30-18-16-29(17-19-30)28-10-4-3-5-11-28)31-21-23-42-37(24-31)43-44-36(26-40-45(43)50-27-47-40)35-13-7-9-15-41(35)49(42)44/h3-27H,1-2H3. The lowest BCUT2D eigenvalue weighted by Gasteiger charge is -2.28. The van der Waals surface area contributed by atoms with Crippen LogP contribution >= 0.6 is 11.3 Å². The summed E-state index contributed by atoms with van der Waals surface area (Å²) < 4.78 is 3.71. The molecule has 236 valence electrons. The maximum absolute atomic E-state index is 4.81. The lowest BCUT2D eigenvalue weighted by atomic mass is 9.82. The average molecular weight is 658 g/mol. The van der Waals surface area contributed by atoms with Crippen LogP contribution in [0.15, 0.2) is 151 Å². The van der Waals surface area contributed by atoms with Gasteiger partial charge < -0.3 is 9.30 Å². The van der Waals surface area contributed by atoms with Crippen molar-refractivity contribution in [2.75, 3.05) is 4.90 Å². The predicted octanol–water partition coefficient (Wildman–Crippen LogP) is 12.9. The van der Waals surface area contributed by atoms with E-state index >= 15 is 0 Å². The number of thiazole rings is 1. The maximum atomic E-state index is 4.81. The quantitative estimate of drug-likeness (QED) is 0.188. The smallest absolute Gasteiger partial charge is 0.0826 e. The first-order chi connectivity index (χ1) is 24.6. The summed E-state index contributed by atoms with van der Waals surface area (Å²) in [5.41, 5.74) is 18.0. The van der Waals surface area contributed by atoms with Crippen molar-refractivity contribution in [2.24, 2.45) is 0 Å². The number of fused-ring (bicyclic) bond motifs is 11. The van der Waals surface area contributed by atoms with Gasteiger partial charge in [0.05, 0.1) is 32.3 Å². The van der Waals surface area contributed by atoms with Crippen LogP contribution in [-0.2, 0) is 5.41 Å².